The molecular formula is C22H27FIN3O4S. The van der Waals surface area contributed by atoms with Crippen LogP contribution >= 0.6 is 22.6 Å². The number of nitrogens with zero attached hydrogens (tertiary/aromatic N) is 2. The molecule has 0 aromatic heterocycles. The average Bonchev–Trinajstić information content (AvgIpc) is 2.73. The van der Waals surface area contributed by atoms with Gasteiger partial charge < -0.3 is 10.2 Å². The third-order valence-corrected chi connectivity index (χ3v) is 6.66. The van der Waals surface area contributed by atoms with Gasteiger partial charge in [-0.2, -0.15) is 0 Å². The van der Waals surface area contributed by atoms with Gasteiger partial charge in [0.1, 0.15) is 18.4 Å². The molecule has 0 spiro atoms. The lowest BCUT2D eigenvalue weighted by Gasteiger charge is -2.32. The van der Waals surface area contributed by atoms with E-state index in [2.05, 4.69) is 27.9 Å². The molecule has 2 aromatic carbocycles. The molecule has 0 aliphatic carbocycles. The van der Waals surface area contributed by atoms with Crippen molar-refractivity contribution in [2.45, 2.75) is 32.9 Å². The topological polar surface area (TPSA) is 86.8 Å². The Labute approximate surface area is 202 Å². The first-order chi connectivity index (χ1) is 15.1. The van der Waals surface area contributed by atoms with Crippen LogP contribution in [-0.2, 0) is 26.2 Å². The van der Waals surface area contributed by atoms with E-state index in [1.54, 1.807) is 38.1 Å². The summed E-state index contributed by atoms with van der Waals surface area (Å²) in [7, 11) is -3.77. The van der Waals surface area contributed by atoms with Gasteiger partial charge in [0.2, 0.25) is 21.8 Å². The molecule has 2 rings (SSSR count). The summed E-state index contributed by atoms with van der Waals surface area (Å²) in [4.78, 5) is 27.4. The van der Waals surface area contributed by atoms with Gasteiger partial charge in [-0.05, 0) is 77.9 Å². The SMILES string of the molecule is CCNC(=O)[C@@H](CC)N(Cc1ccc(F)cc1)C(=O)CN(c1ccc(I)cc1)S(C)(=O)=O. The van der Waals surface area contributed by atoms with Crippen LogP contribution in [0.15, 0.2) is 48.5 Å². The molecule has 0 saturated carbocycles. The molecule has 10 heteroatoms. The van der Waals surface area contributed by atoms with E-state index in [4.69, 9.17) is 0 Å². The van der Waals surface area contributed by atoms with Gasteiger partial charge in [0.15, 0.2) is 0 Å². The zero-order chi connectivity index (χ0) is 23.9. The van der Waals surface area contributed by atoms with E-state index in [0.717, 1.165) is 14.1 Å². The van der Waals surface area contributed by atoms with Crippen LogP contribution in [0.25, 0.3) is 0 Å². The maximum atomic E-state index is 13.4. The summed E-state index contributed by atoms with van der Waals surface area (Å²) < 4.78 is 40.2. The first-order valence-corrected chi connectivity index (χ1v) is 13.0. The van der Waals surface area contributed by atoms with E-state index in [1.165, 1.54) is 29.2 Å². The van der Waals surface area contributed by atoms with Crippen LogP contribution in [0, 0.1) is 9.39 Å². The number of hydrogen-bond acceptors (Lipinski definition) is 4. The quantitative estimate of drug-likeness (QED) is 0.442. The molecular weight excluding hydrogens is 548 g/mol. The Morgan fingerprint density at radius 1 is 1.06 bits per heavy atom. The summed E-state index contributed by atoms with van der Waals surface area (Å²) in [6, 6.07) is 11.6. The van der Waals surface area contributed by atoms with Gasteiger partial charge in [-0.15, -0.1) is 0 Å². The van der Waals surface area contributed by atoms with Gasteiger partial charge in [-0.3, -0.25) is 13.9 Å². The van der Waals surface area contributed by atoms with E-state index in [1.807, 2.05) is 0 Å². The van der Waals surface area contributed by atoms with Crippen molar-refractivity contribution in [2.75, 3.05) is 23.7 Å². The Morgan fingerprint density at radius 3 is 2.16 bits per heavy atom. The molecule has 0 aliphatic heterocycles. The number of sulfonamides is 1. The van der Waals surface area contributed by atoms with Gasteiger partial charge in [0.25, 0.3) is 0 Å². The van der Waals surface area contributed by atoms with Crippen LogP contribution < -0.4 is 9.62 Å². The highest BCUT2D eigenvalue weighted by Gasteiger charge is 2.31. The second-order valence-corrected chi connectivity index (χ2v) is 10.4. The summed E-state index contributed by atoms with van der Waals surface area (Å²) in [6.07, 6.45) is 1.37. The van der Waals surface area contributed by atoms with Crippen LogP contribution in [0.1, 0.15) is 25.8 Å². The van der Waals surface area contributed by atoms with Gasteiger partial charge in [0.05, 0.1) is 11.9 Å². The third-order valence-electron chi connectivity index (χ3n) is 4.80. The third kappa shape index (κ3) is 7.16. The fraction of sp³-hybridized carbons (Fsp3) is 0.364. The predicted molar refractivity (Wildman–Crippen MR) is 131 cm³/mol. The maximum absolute atomic E-state index is 13.4. The zero-order valence-corrected chi connectivity index (χ0v) is 21.2. The smallest absolute Gasteiger partial charge is 0.244 e. The molecule has 0 unspecified atom stereocenters. The van der Waals surface area contributed by atoms with Crippen LogP contribution in [0.3, 0.4) is 0 Å². The molecule has 174 valence electrons. The van der Waals surface area contributed by atoms with Crippen molar-refractivity contribution in [2.24, 2.45) is 0 Å². The Hall–Kier alpha value is -2.21. The number of nitrogens with one attached hydrogen (secondary N) is 1. The minimum Gasteiger partial charge on any atom is -0.355 e. The van der Waals surface area contributed by atoms with Gasteiger partial charge in [-0.25, -0.2) is 12.8 Å². The summed E-state index contributed by atoms with van der Waals surface area (Å²) >= 11 is 2.11. The number of anilines is 1. The van der Waals surface area contributed by atoms with E-state index < -0.39 is 34.3 Å². The Kier molecular flexibility index (Phi) is 9.44. The molecule has 0 radical (unpaired) electrons. The van der Waals surface area contributed by atoms with Crippen molar-refractivity contribution in [1.82, 2.24) is 10.2 Å². The monoisotopic (exact) mass is 575 g/mol. The average molecular weight is 575 g/mol. The van der Waals surface area contributed by atoms with E-state index in [-0.39, 0.29) is 12.5 Å². The van der Waals surface area contributed by atoms with Crippen LogP contribution in [0.2, 0.25) is 0 Å². The van der Waals surface area contributed by atoms with Crippen molar-refractivity contribution in [1.29, 1.82) is 0 Å². The Balaban J connectivity index is 2.40. The highest BCUT2D eigenvalue weighted by molar-refractivity contribution is 14.1. The molecule has 0 fully saturated rings. The lowest BCUT2D eigenvalue weighted by atomic mass is 10.1. The maximum Gasteiger partial charge on any atom is 0.244 e. The van der Waals surface area contributed by atoms with Crippen molar-refractivity contribution >= 4 is 50.1 Å². The summed E-state index contributed by atoms with van der Waals surface area (Å²) in [5.74, 6) is -1.27. The van der Waals surface area contributed by atoms with Gasteiger partial charge in [-0.1, -0.05) is 19.1 Å². The van der Waals surface area contributed by atoms with Crippen molar-refractivity contribution in [3.8, 4) is 0 Å². The number of hydrogen-bond donors (Lipinski definition) is 1. The van der Waals surface area contributed by atoms with Crippen molar-refractivity contribution in [3.63, 3.8) is 0 Å². The number of carbonyl (C=O) groups excluding carboxylic acids is 2. The van der Waals surface area contributed by atoms with Gasteiger partial charge >= 0.3 is 0 Å². The second-order valence-electron chi connectivity index (χ2n) is 7.21. The lowest BCUT2D eigenvalue weighted by molar-refractivity contribution is -0.140. The van der Waals surface area contributed by atoms with E-state index in [0.29, 0.717) is 24.2 Å². The summed E-state index contributed by atoms with van der Waals surface area (Å²) in [6.45, 7) is 3.53. The number of benzene rings is 2. The van der Waals surface area contributed by atoms with Gasteiger partial charge in [0, 0.05) is 16.7 Å². The number of halogens is 2. The number of carbonyl (C=O) groups is 2. The van der Waals surface area contributed by atoms with Crippen LogP contribution in [0.4, 0.5) is 10.1 Å². The Morgan fingerprint density at radius 2 is 1.66 bits per heavy atom. The molecule has 0 saturated heterocycles. The normalized spacial score (nSPS) is 12.2. The molecule has 1 N–H and O–H groups in total. The fourth-order valence-corrected chi connectivity index (χ4v) is 4.43. The molecule has 0 heterocycles. The molecule has 7 nitrogen and oxygen atoms in total. The molecule has 0 aliphatic rings. The van der Waals surface area contributed by atoms with E-state index in [9.17, 15) is 22.4 Å². The van der Waals surface area contributed by atoms with Crippen LogP contribution in [0.5, 0.6) is 0 Å². The molecule has 2 aromatic rings. The zero-order valence-electron chi connectivity index (χ0n) is 18.2. The van der Waals surface area contributed by atoms with E-state index >= 15 is 0 Å². The van der Waals surface area contributed by atoms with Crippen molar-refractivity contribution < 1.29 is 22.4 Å². The summed E-state index contributed by atoms with van der Waals surface area (Å²) in [5, 5.41) is 2.72. The Bertz CT molecular complexity index is 1030. The highest BCUT2D eigenvalue weighted by Crippen LogP contribution is 2.21. The number of amides is 2. The van der Waals surface area contributed by atoms with Crippen molar-refractivity contribution in [3.05, 3.63) is 63.5 Å². The number of rotatable bonds is 10. The number of likely N-dealkylation sites (N-methyl/N-ethyl adjacent to an activating group) is 1. The minimum absolute atomic E-state index is 0.0407. The molecule has 1 atom stereocenters. The highest BCUT2D eigenvalue weighted by atomic mass is 127. The molecule has 0 bridgehead atoms. The lowest BCUT2D eigenvalue weighted by Crippen LogP contribution is -2.52. The molecule has 2 amide bonds. The summed E-state index contributed by atoms with van der Waals surface area (Å²) in [5.41, 5.74) is 0.983. The second kappa shape index (κ2) is 11.6. The fourth-order valence-electron chi connectivity index (χ4n) is 3.22. The first kappa shape index (κ1) is 26.0. The van der Waals surface area contributed by atoms with Crippen LogP contribution in [-0.4, -0.2) is 50.5 Å². The standard InChI is InChI=1S/C22H27FIN3O4S/c1-4-20(22(29)25-5-2)26(14-16-6-8-17(23)9-7-16)21(28)15-27(32(3,30)31)19-12-10-18(24)11-13-19/h6-13,20H,4-5,14-15H2,1-3H3,(H,25,29)/t20-/m1/s1. The first-order valence-electron chi connectivity index (χ1n) is 10.1. The molecule has 32 heavy (non-hydrogen) atoms. The largest absolute Gasteiger partial charge is 0.355 e. The predicted octanol–water partition coefficient (Wildman–Crippen LogP) is 3.14. The minimum atomic E-state index is -3.77.